The molecule has 4 N–H and O–H groups in total. The molecule has 8 heteroatoms. The van der Waals surface area contributed by atoms with E-state index in [9.17, 15) is 4.79 Å². The Balaban J connectivity index is 1.22. The highest BCUT2D eigenvalue weighted by atomic mass is 16.2. The Morgan fingerprint density at radius 3 is 2.96 bits per heavy atom. The molecule has 140 valence electrons. The SMILES string of the molecule is O=C(NCC1CC(C2CC2)NN1)[C@]12CNC[C@H]1CN(c1ncccn1)C2. The summed E-state index contributed by atoms with van der Waals surface area (Å²) in [6.45, 7) is 3.81. The van der Waals surface area contributed by atoms with Crippen molar-refractivity contribution < 1.29 is 4.79 Å². The van der Waals surface area contributed by atoms with Crippen LogP contribution in [0.1, 0.15) is 19.3 Å². The van der Waals surface area contributed by atoms with Crippen LogP contribution in [0, 0.1) is 17.3 Å². The summed E-state index contributed by atoms with van der Waals surface area (Å²) in [5.74, 6) is 2.03. The van der Waals surface area contributed by atoms with Crippen LogP contribution in [0.5, 0.6) is 0 Å². The number of nitrogens with zero attached hydrogens (tertiary/aromatic N) is 3. The standard InChI is InChI=1S/C18H27N7O/c26-16(22-8-14-6-15(24-23-14)12-2-3-12)18-10-19-7-13(18)9-25(11-18)17-20-4-1-5-21-17/h1,4-5,12-15,19,23-24H,2-3,6-11H2,(H,22,26)/t13-,14?,15?,18-/m0/s1. The topological polar surface area (TPSA) is 94.2 Å². The number of anilines is 1. The molecule has 5 rings (SSSR count). The molecule has 0 radical (unpaired) electrons. The third kappa shape index (κ3) is 2.86. The summed E-state index contributed by atoms with van der Waals surface area (Å²) in [7, 11) is 0. The molecular formula is C18H27N7O. The van der Waals surface area contributed by atoms with Gasteiger partial charge in [0.05, 0.1) is 5.41 Å². The van der Waals surface area contributed by atoms with E-state index in [0.29, 0.717) is 31.1 Å². The van der Waals surface area contributed by atoms with Gasteiger partial charge in [0.25, 0.3) is 0 Å². The number of carbonyl (C=O) groups is 1. The number of amides is 1. The first-order valence-corrected chi connectivity index (χ1v) is 9.77. The molecule has 1 aromatic rings. The lowest BCUT2D eigenvalue weighted by Crippen LogP contribution is -2.50. The molecule has 3 saturated heterocycles. The van der Waals surface area contributed by atoms with E-state index in [0.717, 1.165) is 37.9 Å². The van der Waals surface area contributed by atoms with Crippen LogP contribution in [-0.2, 0) is 4.79 Å². The lowest BCUT2D eigenvalue weighted by molar-refractivity contribution is -0.130. The number of rotatable bonds is 5. The van der Waals surface area contributed by atoms with Crippen molar-refractivity contribution in [3.63, 3.8) is 0 Å². The molecule has 4 atom stereocenters. The van der Waals surface area contributed by atoms with Crippen LogP contribution in [0.25, 0.3) is 0 Å². The molecular weight excluding hydrogens is 330 g/mol. The minimum absolute atomic E-state index is 0.169. The number of aromatic nitrogens is 2. The average Bonchev–Trinajstić information content (AvgIpc) is 3.11. The molecule has 1 aromatic heterocycles. The van der Waals surface area contributed by atoms with Gasteiger partial charge in [-0.15, -0.1) is 0 Å². The smallest absolute Gasteiger partial charge is 0.229 e. The van der Waals surface area contributed by atoms with E-state index in [1.165, 1.54) is 12.8 Å². The Hall–Kier alpha value is -1.77. The van der Waals surface area contributed by atoms with Gasteiger partial charge in [-0.05, 0) is 31.2 Å². The molecule has 26 heavy (non-hydrogen) atoms. The lowest BCUT2D eigenvalue weighted by atomic mass is 9.80. The van der Waals surface area contributed by atoms with Crippen molar-refractivity contribution >= 4 is 11.9 Å². The number of carbonyl (C=O) groups excluding carboxylic acids is 1. The molecule has 0 bridgehead atoms. The van der Waals surface area contributed by atoms with Gasteiger partial charge in [0, 0.05) is 63.1 Å². The number of hydrazine groups is 1. The average molecular weight is 357 g/mol. The highest BCUT2D eigenvalue weighted by molar-refractivity contribution is 5.85. The second-order valence-corrected chi connectivity index (χ2v) is 8.29. The monoisotopic (exact) mass is 357 g/mol. The maximum atomic E-state index is 13.1. The van der Waals surface area contributed by atoms with E-state index >= 15 is 0 Å². The summed E-state index contributed by atoms with van der Waals surface area (Å²) < 4.78 is 0. The highest BCUT2D eigenvalue weighted by Crippen LogP contribution is 2.40. The van der Waals surface area contributed by atoms with Gasteiger partial charge in [-0.1, -0.05) is 0 Å². The number of hydrogen-bond donors (Lipinski definition) is 4. The molecule has 4 aliphatic rings. The van der Waals surface area contributed by atoms with Crippen LogP contribution >= 0.6 is 0 Å². The Labute approximate surface area is 153 Å². The Kier molecular flexibility index (Phi) is 4.06. The molecule has 3 aliphatic heterocycles. The number of fused-ring (bicyclic) bond motifs is 1. The summed E-state index contributed by atoms with van der Waals surface area (Å²) in [6.07, 6.45) is 7.30. The predicted molar refractivity (Wildman–Crippen MR) is 97.2 cm³/mol. The molecule has 2 unspecified atom stereocenters. The third-order valence-corrected chi connectivity index (χ3v) is 6.53. The summed E-state index contributed by atoms with van der Waals surface area (Å²) in [5, 5.41) is 6.65. The molecule has 4 heterocycles. The van der Waals surface area contributed by atoms with Gasteiger partial charge in [-0.25, -0.2) is 9.97 Å². The highest BCUT2D eigenvalue weighted by Gasteiger charge is 2.55. The molecule has 8 nitrogen and oxygen atoms in total. The summed E-state index contributed by atoms with van der Waals surface area (Å²) in [4.78, 5) is 24.0. The number of hydrogen-bond acceptors (Lipinski definition) is 7. The van der Waals surface area contributed by atoms with Gasteiger partial charge in [0.15, 0.2) is 0 Å². The van der Waals surface area contributed by atoms with Crippen molar-refractivity contribution in [1.82, 2.24) is 31.5 Å². The first-order chi connectivity index (χ1) is 12.7. The van der Waals surface area contributed by atoms with Gasteiger partial charge in [0.2, 0.25) is 11.9 Å². The Morgan fingerprint density at radius 1 is 1.31 bits per heavy atom. The Bertz CT molecular complexity index is 667. The van der Waals surface area contributed by atoms with Crippen LogP contribution in [0.4, 0.5) is 5.95 Å². The van der Waals surface area contributed by atoms with E-state index in [1.54, 1.807) is 12.4 Å². The van der Waals surface area contributed by atoms with Crippen molar-refractivity contribution in [3.05, 3.63) is 18.5 Å². The van der Waals surface area contributed by atoms with E-state index in [1.807, 2.05) is 6.07 Å². The lowest BCUT2D eigenvalue weighted by Gasteiger charge is -2.27. The van der Waals surface area contributed by atoms with Gasteiger partial charge in [-0.2, -0.15) is 0 Å². The summed E-state index contributed by atoms with van der Waals surface area (Å²) in [6, 6.07) is 2.72. The minimum Gasteiger partial charge on any atom is -0.354 e. The molecule has 0 spiro atoms. The molecule has 0 aromatic carbocycles. The van der Waals surface area contributed by atoms with Crippen LogP contribution < -0.4 is 26.4 Å². The van der Waals surface area contributed by atoms with Crippen molar-refractivity contribution in [2.24, 2.45) is 17.3 Å². The van der Waals surface area contributed by atoms with Gasteiger partial charge in [-0.3, -0.25) is 15.6 Å². The van der Waals surface area contributed by atoms with E-state index in [-0.39, 0.29) is 11.3 Å². The van der Waals surface area contributed by atoms with Crippen molar-refractivity contribution in [1.29, 1.82) is 0 Å². The maximum Gasteiger partial charge on any atom is 0.229 e. The van der Waals surface area contributed by atoms with Gasteiger partial charge >= 0.3 is 0 Å². The molecule has 1 amide bonds. The maximum absolute atomic E-state index is 13.1. The van der Waals surface area contributed by atoms with Crippen LogP contribution in [-0.4, -0.2) is 60.7 Å². The van der Waals surface area contributed by atoms with Crippen molar-refractivity contribution in [2.45, 2.75) is 31.3 Å². The van der Waals surface area contributed by atoms with Crippen LogP contribution in [0.3, 0.4) is 0 Å². The first-order valence-electron chi connectivity index (χ1n) is 9.77. The van der Waals surface area contributed by atoms with E-state index < -0.39 is 0 Å². The fourth-order valence-corrected chi connectivity index (χ4v) is 4.83. The van der Waals surface area contributed by atoms with Crippen LogP contribution in [0.2, 0.25) is 0 Å². The van der Waals surface area contributed by atoms with Gasteiger partial charge in [0.1, 0.15) is 0 Å². The zero-order valence-electron chi connectivity index (χ0n) is 14.9. The second kappa shape index (κ2) is 6.44. The van der Waals surface area contributed by atoms with E-state index in [2.05, 4.69) is 36.4 Å². The van der Waals surface area contributed by atoms with E-state index in [4.69, 9.17) is 0 Å². The predicted octanol–water partition coefficient (Wildman–Crippen LogP) is -0.736. The molecule has 4 fully saturated rings. The van der Waals surface area contributed by atoms with Crippen molar-refractivity contribution in [2.75, 3.05) is 37.6 Å². The van der Waals surface area contributed by atoms with Crippen molar-refractivity contribution in [3.8, 4) is 0 Å². The molecule has 1 aliphatic carbocycles. The Morgan fingerprint density at radius 2 is 2.15 bits per heavy atom. The number of nitrogens with one attached hydrogen (secondary N) is 4. The fraction of sp³-hybridized carbons (Fsp3) is 0.722. The first kappa shape index (κ1) is 16.4. The minimum atomic E-state index is -0.374. The second-order valence-electron chi connectivity index (χ2n) is 8.29. The molecule has 1 saturated carbocycles. The van der Waals surface area contributed by atoms with Gasteiger partial charge < -0.3 is 15.5 Å². The van der Waals surface area contributed by atoms with Crippen LogP contribution in [0.15, 0.2) is 18.5 Å². The quantitative estimate of drug-likeness (QED) is 0.552. The third-order valence-electron chi connectivity index (χ3n) is 6.53. The fourth-order valence-electron chi connectivity index (χ4n) is 4.83. The zero-order valence-corrected chi connectivity index (χ0v) is 14.9. The largest absolute Gasteiger partial charge is 0.354 e. The normalized spacial score (nSPS) is 36.3. The summed E-state index contributed by atoms with van der Waals surface area (Å²) >= 11 is 0. The summed E-state index contributed by atoms with van der Waals surface area (Å²) in [5.41, 5.74) is 6.38. The zero-order chi connectivity index (χ0) is 17.6.